The van der Waals surface area contributed by atoms with Gasteiger partial charge in [0.15, 0.2) is 15.0 Å². The van der Waals surface area contributed by atoms with Crippen molar-refractivity contribution in [3.63, 3.8) is 0 Å². The first-order valence-corrected chi connectivity index (χ1v) is 13.6. The topological polar surface area (TPSA) is 82.1 Å². The lowest BCUT2D eigenvalue weighted by molar-refractivity contribution is -0.130. The van der Waals surface area contributed by atoms with E-state index in [0.717, 1.165) is 35.2 Å². The van der Waals surface area contributed by atoms with Crippen LogP contribution in [0.4, 0.5) is 15.8 Å². The number of amides is 1. The fourth-order valence-electron chi connectivity index (χ4n) is 4.40. The van der Waals surface area contributed by atoms with Crippen molar-refractivity contribution in [2.24, 2.45) is 4.99 Å². The standard InChI is InChI=1S/C23H25FN4O3S2/c24-17-3-7-19(8-4-17)27-9-11-28(12-10-27)22(29)13-16-1-5-18(6-2-16)25-23-26-20-14-33(30,31)15-21(20)32-23/h1-8,20-21H,9-15H2,(H,25,26)/t20-,21+/m0/s1. The minimum absolute atomic E-state index is 0.0120. The Hall–Kier alpha value is -2.59. The summed E-state index contributed by atoms with van der Waals surface area (Å²) >= 11 is 1.49. The van der Waals surface area contributed by atoms with Crippen molar-refractivity contribution in [3.8, 4) is 0 Å². The highest BCUT2D eigenvalue weighted by Crippen LogP contribution is 2.34. The predicted octanol–water partition coefficient (Wildman–Crippen LogP) is 2.40. The molecule has 2 aromatic carbocycles. The van der Waals surface area contributed by atoms with Gasteiger partial charge in [0.25, 0.3) is 0 Å². The second-order valence-electron chi connectivity index (χ2n) is 8.58. The van der Waals surface area contributed by atoms with Gasteiger partial charge in [0.1, 0.15) is 5.82 Å². The Balaban J connectivity index is 1.11. The molecule has 2 fully saturated rings. The molecule has 5 rings (SSSR count). The van der Waals surface area contributed by atoms with Gasteiger partial charge in [-0.1, -0.05) is 23.9 Å². The van der Waals surface area contributed by atoms with Crippen LogP contribution in [0.2, 0.25) is 0 Å². The Morgan fingerprint density at radius 2 is 1.73 bits per heavy atom. The molecule has 0 saturated carbocycles. The zero-order valence-electron chi connectivity index (χ0n) is 18.0. The Morgan fingerprint density at radius 3 is 2.39 bits per heavy atom. The number of carbonyl (C=O) groups is 1. The van der Waals surface area contributed by atoms with E-state index in [4.69, 9.17) is 0 Å². The third kappa shape index (κ3) is 5.16. The smallest absolute Gasteiger partial charge is 0.227 e. The maximum atomic E-state index is 13.1. The molecule has 33 heavy (non-hydrogen) atoms. The summed E-state index contributed by atoms with van der Waals surface area (Å²) in [5.74, 6) is 0.173. The summed E-state index contributed by atoms with van der Waals surface area (Å²) < 4.78 is 36.5. The molecule has 3 aliphatic heterocycles. The number of sulfone groups is 1. The average molecular weight is 489 g/mol. The molecule has 2 atom stereocenters. The van der Waals surface area contributed by atoms with Gasteiger partial charge in [0.2, 0.25) is 5.91 Å². The molecule has 3 aliphatic rings. The Bertz CT molecular complexity index is 1160. The molecule has 0 aromatic heterocycles. The fraction of sp³-hybridized carbons (Fsp3) is 0.391. The molecule has 10 heteroatoms. The van der Waals surface area contributed by atoms with Crippen LogP contribution in [0.3, 0.4) is 0 Å². The van der Waals surface area contributed by atoms with Gasteiger partial charge in [-0.15, -0.1) is 0 Å². The third-order valence-electron chi connectivity index (χ3n) is 6.20. The molecular weight excluding hydrogens is 463 g/mol. The summed E-state index contributed by atoms with van der Waals surface area (Å²) in [5, 5.41) is 4.02. The summed E-state index contributed by atoms with van der Waals surface area (Å²) in [6, 6.07) is 14.0. The summed E-state index contributed by atoms with van der Waals surface area (Å²) in [4.78, 5) is 21.3. The molecule has 2 saturated heterocycles. The first-order valence-electron chi connectivity index (χ1n) is 10.9. The lowest BCUT2D eigenvalue weighted by Crippen LogP contribution is -2.49. The minimum atomic E-state index is -2.96. The highest BCUT2D eigenvalue weighted by Gasteiger charge is 2.42. The highest BCUT2D eigenvalue weighted by atomic mass is 32.2. The molecule has 0 bridgehead atoms. The normalized spacial score (nSPS) is 23.8. The van der Waals surface area contributed by atoms with Crippen molar-refractivity contribution in [3.05, 3.63) is 59.9 Å². The second-order valence-corrected chi connectivity index (χ2v) is 12.0. The van der Waals surface area contributed by atoms with Gasteiger partial charge in [0, 0.05) is 42.8 Å². The summed E-state index contributed by atoms with van der Waals surface area (Å²) in [7, 11) is -2.96. The van der Waals surface area contributed by atoms with Crippen LogP contribution in [-0.2, 0) is 21.1 Å². The van der Waals surface area contributed by atoms with E-state index >= 15 is 0 Å². The Morgan fingerprint density at radius 1 is 1.03 bits per heavy atom. The molecule has 0 aliphatic carbocycles. The quantitative estimate of drug-likeness (QED) is 0.712. The second kappa shape index (κ2) is 8.98. The van der Waals surface area contributed by atoms with Crippen LogP contribution in [0.25, 0.3) is 0 Å². The zero-order chi connectivity index (χ0) is 23.0. The van der Waals surface area contributed by atoms with E-state index in [1.165, 1.54) is 23.9 Å². The van der Waals surface area contributed by atoms with Crippen LogP contribution < -0.4 is 10.2 Å². The molecule has 1 N–H and O–H groups in total. The van der Waals surface area contributed by atoms with Gasteiger partial charge in [-0.25, -0.2) is 12.8 Å². The van der Waals surface area contributed by atoms with E-state index in [0.29, 0.717) is 19.5 Å². The lowest BCUT2D eigenvalue weighted by Gasteiger charge is -2.36. The number of hydrogen-bond acceptors (Lipinski definition) is 7. The van der Waals surface area contributed by atoms with E-state index < -0.39 is 9.84 Å². The van der Waals surface area contributed by atoms with Crippen molar-refractivity contribution >= 4 is 44.0 Å². The molecule has 2 aromatic rings. The van der Waals surface area contributed by atoms with Gasteiger partial charge in [-0.3, -0.25) is 9.79 Å². The molecule has 0 radical (unpaired) electrons. The number of nitrogens with one attached hydrogen (secondary N) is 1. The number of benzene rings is 2. The summed E-state index contributed by atoms with van der Waals surface area (Å²) in [5.41, 5.74) is 2.78. The van der Waals surface area contributed by atoms with Gasteiger partial charge in [0.05, 0.1) is 24.0 Å². The summed E-state index contributed by atoms with van der Waals surface area (Å²) in [6.07, 6.45) is 0.342. The van der Waals surface area contributed by atoms with Gasteiger partial charge < -0.3 is 15.1 Å². The summed E-state index contributed by atoms with van der Waals surface area (Å²) in [6.45, 7) is 2.74. The van der Waals surface area contributed by atoms with Crippen molar-refractivity contribution in [1.29, 1.82) is 0 Å². The number of nitrogens with zero attached hydrogens (tertiary/aromatic N) is 3. The number of thioether (sulfide) groups is 1. The SMILES string of the molecule is O=C(Cc1ccc(NC2=N[C@H]3CS(=O)(=O)C[C@H]3S2)cc1)N1CCN(c2ccc(F)cc2)CC1. The van der Waals surface area contributed by atoms with Crippen molar-refractivity contribution in [1.82, 2.24) is 4.90 Å². The molecule has 3 heterocycles. The van der Waals surface area contributed by atoms with E-state index in [1.54, 1.807) is 12.1 Å². The lowest BCUT2D eigenvalue weighted by atomic mass is 10.1. The first-order chi connectivity index (χ1) is 15.8. The number of rotatable bonds is 4. The number of piperazine rings is 1. The van der Waals surface area contributed by atoms with Crippen LogP contribution in [0.5, 0.6) is 0 Å². The zero-order valence-corrected chi connectivity index (χ0v) is 19.6. The highest BCUT2D eigenvalue weighted by molar-refractivity contribution is 8.15. The molecule has 0 spiro atoms. The molecule has 1 amide bonds. The number of amidine groups is 1. The largest absolute Gasteiger partial charge is 0.368 e. The van der Waals surface area contributed by atoms with E-state index in [1.807, 2.05) is 29.2 Å². The van der Waals surface area contributed by atoms with Crippen molar-refractivity contribution in [2.75, 3.05) is 47.9 Å². The van der Waals surface area contributed by atoms with E-state index in [2.05, 4.69) is 15.2 Å². The fourth-order valence-corrected chi connectivity index (χ4v) is 8.07. The maximum Gasteiger partial charge on any atom is 0.227 e. The average Bonchev–Trinajstić information content (AvgIpc) is 3.28. The molecule has 0 unspecified atom stereocenters. The monoisotopic (exact) mass is 488 g/mol. The number of carbonyl (C=O) groups excluding carboxylic acids is 1. The number of fused-ring (bicyclic) bond motifs is 1. The predicted molar refractivity (Wildman–Crippen MR) is 130 cm³/mol. The van der Waals surface area contributed by atoms with Crippen LogP contribution in [0, 0.1) is 5.82 Å². The minimum Gasteiger partial charge on any atom is -0.368 e. The van der Waals surface area contributed by atoms with Gasteiger partial charge in [-0.2, -0.15) is 0 Å². The van der Waals surface area contributed by atoms with Crippen molar-refractivity contribution in [2.45, 2.75) is 17.7 Å². The van der Waals surface area contributed by atoms with Crippen LogP contribution in [0.1, 0.15) is 5.56 Å². The number of hydrogen-bond donors (Lipinski definition) is 1. The van der Waals surface area contributed by atoms with Crippen molar-refractivity contribution < 1.29 is 17.6 Å². The molecular formula is C23H25FN4O3S2. The number of halogens is 1. The van der Waals surface area contributed by atoms with E-state index in [-0.39, 0.29) is 34.5 Å². The van der Waals surface area contributed by atoms with Crippen LogP contribution in [0.15, 0.2) is 53.5 Å². The first kappa shape index (κ1) is 22.2. The van der Waals surface area contributed by atoms with Gasteiger partial charge >= 0.3 is 0 Å². The maximum absolute atomic E-state index is 13.1. The molecule has 7 nitrogen and oxygen atoms in total. The Labute approximate surface area is 197 Å². The molecule has 174 valence electrons. The van der Waals surface area contributed by atoms with E-state index in [9.17, 15) is 17.6 Å². The van der Waals surface area contributed by atoms with Gasteiger partial charge in [-0.05, 0) is 42.0 Å². The third-order valence-corrected chi connectivity index (χ3v) is 9.34. The number of aliphatic imine (C=N–C) groups is 1. The number of anilines is 2. The Kier molecular flexibility index (Phi) is 6.05. The van der Waals surface area contributed by atoms with Crippen LogP contribution >= 0.6 is 11.8 Å². The van der Waals surface area contributed by atoms with Crippen LogP contribution in [-0.4, -0.2) is 73.4 Å².